The minimum Gasteiger partial charge on any atom is -0.467 e. The first-order valence-electron chi connectivity index (χ1n) is 9.32. The number of aryl methyl sites for hydroxylation is 1. The van der Waals surface area contributed by atoms with Gasteiger partial charge in [0.05, 0.1) is 0 Å². The molecule has 0 N–H and O–H groups in total. The first kappa shape index (κ1) is 16.7. The fraction of sp³-hybridized carbons (Fsp3) is 0.316. The largest absolute Gasteiger partial charge is 0.467 e. The molecule has 0 unspecified atom stereocenters. The van der Waals surface area contributed by atoms with Gasteiger partial charge in [-0.1, -0.05) is 30.3 Å². The molecule has 5 rings (SSSR count). The number of fused-ring (bicyclic) bond motifs is 1. The molecule has 0 spiro atoms. The summed E-state index contributed by atoms with van der Waals surface area (Å²) < 4.78 is 9.44. The van der Waals surface area contributed by atoms with Gasteiger partial charge in [-0.3, -0.25) is 4.68 Å². The average Bonchev–Trinajstić information content (AvgIpc) is 3.47. The van der Waals surface area contributed by atoms with Crippen molar-refractivity contribution in [3.8, 4) is 17.3 Å². The summed E-state index contributed by atoms with van der Waals surface area (Å²) in [4.78, 5) is 6.51. The minimum absolute atomic E-state index is 0.253. The number of nitrogens with zero attached hydrogens (tertiary/aromatic N) is 8. The molecule has 3 aromatic heterocycles. The van der Waals surface area contributed by atoms with E-state index in [1.54, 1.807) is 15.5 Å². The second-order valence-electron chi connectivity index (χ2n) is 6.81. The Bertz CT molecular complexity index is 1100. The van der Waals surface area contributed by atoms with E-state index < -0.39 is 0 Å². The first-order chi connectivity index (χ1) is 13.8. The van der Waals surface area contributed by atoms with Gasteiger partial charge in [0.2, 0.25) is 0 Å². The van der Waals surface area contributed by atoms with E-state index in [0.29, 0.717) is 23.2 Å². The van der Waals surface area contributed by atoms with Crippen LogP contribution in [0.3, 0.4) is 0 Å². The predicted molar refractivity (Wildman–Crippen MR) is 103 cm³/mol. The molecule has 0 atom stereocenters. The second kappa shape index (κ2) is 6.91. The molecule has 1 aromatic carbocycles. The highest BCUT2D eigenvalue weighted by Gasteiger charge is 2.21. The van der Waals surface area contributed by atoms with E-state index in [0.717, 1.165) is 37.2 Å². The zero-order valence-corrected chi connectivity index (χ0v) is 15.6. The number of benzene rings is 1. The molecule has 0 saturated carbocycles. The zero-order valence-electron chi connectivity index (χ0n) is 15.6. The van der Waals surface area contributed by atoms with Crippen molar-refractivity contribution in [3.05, 3.63) is 48.5 Å². The Hall–Kier alpha value is -3.49. The van der Waals surface area contributed by atoms with Gasteiger partial charge in [0.1, 0.15) is 12.0 Å². The normalized spacial score (nSPS) is 14.1. The molecule has 4 aromatic rings. The Labute approximate surface area is 161 Å². The number of aromatic nitrogens is 7. The SMILES string of the molecule is Cn1cnc(COc2nn3c(-c4ccccc4)nnc3cc2N2CCCC2)n1. The standard InChI is InChI=1S/C19H20N8O/c1-25-13-20-16(23-25)12-28-19-15(26-9-5-6-10-26)11-17-21-22-18(27(17)24-19)14-7-3-2-4-8-14/h2-4,7-8,11,13H,5-6,9-10,12H2,1H3. The monoisotopic (exact) mass is 376 g/mol. The minimum atomic E-state index is 0.253. The van der Waals surface area contributed by atoms with Crippen LogP contribution in [0.1, 0.15) is 18.7 Å². The lowest BCUT2D eigenvalue weighted by Crippen LogP contribution is -2.20. The van der Waals surface area contributed by atoms with Crippen LogP contribution in [0.4, 0.5) is 5.69 Å². The Kier molecular flexibility index (Phi) is 4.12. The molecule has 0 aliphatic carbocycles. The lowest BCUT2D eigenvalue weighted by atomic mass is 10.2. The highest BCUT2D eigenvalue weighted by atomic mass is 16.5. The van der Waals surface area contributed by atoms with E-state index in [-0.39, 0.29) is 6.61 Å². The molecule has 9 heteroatoms. The van der Waals surface area contributed by atoms with Crippen LogP contribution in [0.5, 0.6) is 5.88 Å². The van der Waals surface area contributed by atoms with E-state index in [1.165, 1.54) is 0 Å². The molecule has 142 valence electrons. The highest BCUT2D eigenvalue weighted by Crippen LogP contribution is 2.31. The average molecular weight is 376 g/mol. The number of hydrogen-bond donors (Lipinski definition) is 0. The van der Waals surface area contributed by atoms with Gasteiger partial charge in [0, 0.05) is 31.8 Å². The van der Waals surface area contributed by atoms with Gasteiger partial charge in [-0.05, 0) is 12.8 Å². The van der Waals surface area contributed by atoms with Crippen molar-refractivity contribution in [2.45, 2.75) is 19.4 Å². The Morgan fingerprint density at radius 1 is 1.04 bits per heavy atom. The van der Waals surface area contributed by atoms with Crippen LogP contribution < -0.4 is 9.64 Å². The van der Waals surface area contributed by atoms with Gasteiger partial charge in [-0.15, -0.1) is 15.3 Å². The van der Waals surface area contributed by atoms with Crippen molar-refractivity contribution in [2.24, 2.45) is 7.05 Å². The Morgan fingerprint density at radius 2 is 1.86 bits per heavy atom. The van der Waals surface area contributed by atoms with E-state index in [2.05, 4.69) is 25.2 Å². The van der Waals surface area contributed by atoms with Crippen molar-refractivity contribution in [1.29, 1.82) is 0 Å². The molecule has 28 heavy (non-hydrogen) atoms. The van der Waals surface area contributed by atoms with Gasteiger partial charge >= 0.3 is 0 Å². The van der Waals surface area contributed by atoms with Crippen molar-refractivity contribution >= 4 is 11.3 Å². The van der Waals surface area contributed by atoms with E-state index in [9.17, 15) is 0 Å². The lowest BCUT2D eigenvalue weighted by Gasteiger charge is -2.20. The van der Waals surface area contributed by atoms with Gasteiger partial charge in [0.25, 0.3) is 5.88 Å². The molecule has 4 heterocycles. The first-order valence-corrected chi connectivity index (χ1v) is 9.32. The van der Waals surface area contributed by atoms with E-state index in [4.69, 9.17) is 9.84 Å². The van der Waals surface area contributed by atoms with Crippen LogP contribution in [-0.4, -0.2) is 47.7 Å². The summed E-state index contributed by atoms with van der Waals surface area (Å²) in [6.07, 6.45) is 3.98. The Morgan fingerprint density at radius 3 is 2.61 bits per heavy atom. The number of hydrogen-bond acceptors (Lipinski definition) is 7. The molecule has 1 aliphatic heterocycles. The summed E-state index contributed by atoms with van der Waals surface area (Å²) in [6, 6.07) is 11.9. The number of rotatable bonds is 5. The summed E-state index contributed by atoms with van der Waals surface area (Å²) in [6.45, 7) is 2.22. The summed E-state index contributed by atoms with van der Waals surface area (Å²) in [5, 5.41) is 17.7. The Balaban J connectivity index is 1.56. The lowest BCUT2D eigenvalue weighted by molar-refractivity contribution is 0.280. The summed E-state index contributed by atoms with van der Waals surface area (Å²) in [5.74, 6) is 1.84. The second-order valence-corrected chi connectivity index (χ2v) is 6.81. The highest BCUT2D eigenvalue weighted by molar-refractivity contribution is 5.65. The fourth-order valence-electron chi connectivity index (χ4n) is 3.44. The van der Waals surface area contributed by atoms with Gasteiger partial charge in [-0.2, -0.15) is 9.61 Å². The van der Waals surface area contributed by atoms with Crippen molar-refractivity contribution in [3.63, 3.8) is 0 Å². The maximum Gasteiger partial charge on any atom is 0.256 e. The molecule has 0 amide bonds. The van der Waals surface area contributed by atoms with E-state index >= 15 is 0 Å². The molecule has 1 saturated heterocycles. The molecule has 1 aliphatic rings. The predicted octanol–water partition coefficient (Wildman–Crippen LogP) is 2.10. The van der Waals surface area contributed by atoms with Crippen molar-refractivity contribution in [1.82, 2.24) is 34.6 Å². The molecular formula is C19H20N8O. The molecule has 0 radical (unpaired) electrons. The molecule has 0 bridgehead atoms. The van der Waals surface area contributed by atoms with E-state index in [1.807, 2.05) is 43.4 Å². The van der Waals surface area contributed by atoms with Crippen LogP contribution in [0.2, 0.25) is 0 Å². The van der Waals surface area contributed by atoms with Crippen LogP contribution in [0.15, 0.2) is 42.7 Å². The number of anilines is 1. The smallest absolute Gasteiger partial charge is 0.256 e. The third-order valence-electron chi connectivity index (χ3n) is 4.80. The third-order valence-corrected chi connectivity index (χ3v) is 4.80. The quantitative estimate of drug-likeness (QED) is 0.527. The van der Waals surface area contributed by atoms with Crippen molar-refractivity contribution in [2.75, 3.05) is 18.0 Å². The van der Waals surface area contributed by atoms with Crippen LogP contribution in [0.25, 0.3) is 17.0 Å². The van der Waals surface area contributed by atoms with Gasteiger partial charge in [-0.25, -0.2) is 4.98 Å². The molecular weight excluding hydrogens is 356 g/mol. The van der Waals surface area contributed by atoms with Crippen LogP contribution in [-0.2, 0) is 13.7 Å². The topological polar surface area (TPSA) is 86.3 Å². The number of ether oxygens (including phenoxy) is 1. The summed E-state index contributed by atoms with van der Waals surface area (Å²) in [7, 11) is 1.83. The van der Waals surface area contributed by atoms with Gasteiger partial charge in [0.15, 0.2) is 23.9 Å². The van der Waals surface area contributed by atoms with Crippen LogP contribution >= 0.6 is 0 Å². The molecule has 1 fully saturated rings. The van der Waals surface area contributed by atoms with Crippen LogP contribution in [0, 0.1) is 0 Å². The maximum atomic E-state index is 6.05. The third kappa shape index (κ3) is 3.04. The summed E-state index contributed by atoms with van der Waals surface area (Å²) >= 11 is 0. The van der Waals surface area contributed by atoms with Crippen molar-refractivity contribution < 1.29 is 4.74 Å². The van der Waals surface area contributed by atoms with Gasteiger partial charge < -0.3 is 9.64 Å². The molecule has 9 nitrogen and oxygen atoms in total. The zero-order chi connectivity index (χ0) is 18.9. The summed E-state index contributed by atoms with van der Waals surface area (Å²) in [5.41, 5.74) is 2.59. The maximum absolute atomic E-state index is 6.05. The fourth-order valence-corrected chi connectivity index (χ4v) is 3.44.